The van der Waals surface area contributed by atoms with Gasteiger partial charge < -0.3 is 4.74 Å². The molecular formula is C14H10BrClO2. The molecule has 0 radical (unpaired) electrons. The Balaban J connectivity index is 2.41. The average molecular weight is 326 g/mol. The minimum Gasteiger partial charge on any atom is -0.496 e. The number of ether oxygens (including phenoxy) is 1. The second-order valence-corrected chi connectivity index (χ2v) is 4.92. The third kappa shape index (κ3) is 2.57. The number of carbonyl (C=O) groups is 1. The van der Waals surface area contributed by atoms with Gasteiger partial charge >= 0.3 is 0 Å². The maximum Gasteiger partial charge on any atom is 0.194 e. The Morgan fingerprint density at radius 1 is 1.22 bits per heavy atom. The van der Waals surface area contributed by atoms with Crippen molar-refractivity contribution >= 4 is 33.3 Å². The van der Waals surface area contributed by atoms with Crippen LogP contribution in [0, 0.1) is 0 Å². The molecule has 0 bridgehead atoms. The topological polar surface area (TPSA) is 26.3 Å². The number of ketones is 1. The molecule has 2 nitrogen and oxygen atoms in total. The minimum atomic E-state index is -0.107. The molecule has 0 spiro atoms. The molecule has 0 aliphatic heterocycles. The lowest BCUT2D eigenvalue weighted by Crippen LogP contribution is -2.02. The Morgan fingerprint density at radius 3 is 2.56 bits per heavy atom. The lowest BCUT2D eigenvalue weighted by Gasteiger charge is -2.06. The first kappa shape index (κ1) is 13.1. The van der Waals surface area contributed by atoms with Gasteiger partial charge in [-0.05, 0) is 46.3 Å². The number of benzene rings is 2. The van der Waals surface area contributed by atoms with Crippen LogP contribution in [0.4, 0.5) is 0 Å². The van der Waals surface area contributed by atoms with Crippen molar-refractivity contribution in [2.24, 2.45) is 0 Å². The van der Waals surface area contributed by atoms with Gasteiger partial charge in [-0.15, -0.1) is 0 Å². The number of hydrogen-bond donors (Lipinski definition) is 0. The molecule has 0 fully saturated rings. The first-order valence-corrected chi connectivity index (χ1v) is 6.43. The second-order valence-electron chi connectivity index (χ2n) is 3.66. The molecule has 0 unspecified atom stereocenters. The molecule has 0 amide bonds. The zero-order valence-electron chi connectivity index (χ0n) is 9.61. The summed E-state index contributed by atoms with van der Waals surface area (Å²) in [5.74, 6) is 0.578. The maximum atomic E-state index is 12.3. The highest BCUT2D eigenvalue weighted by molar-refractivity contribution is 9.10. The van der Waals surface area contributed by atoms with E-state index in [9.17, 15) is 4.79 Å². The van der Waals surface area contributed by atoms with Crippen LogP contribution in [-0.4, -0.2) is 12.9 Å². The molecule has 2 rings (SSSR count). The van der Waals surface area contributed by atoms with Crippen LogP contribution in [0.15, 0.2) is 46.9 Å². The van der Waals surface area contributed by atoms with Crippen LogP contribution in [0.2, 0.25) is 5.02 Å². The van der Waals surface area contributed by atoms with Gasteiger partial charge in [-0.2, -0.15) is 0 Å². The Bertz CT molecular complexity index is 596. The summed E-state index contributed by atoms with van der Waals surface area (Å²) in [6, 6.07) is 12.2. The fraction of sp³-hybridized carbons (Fsp3) is 0.0714. The van der Waals surface area contributed by atoms with E-state index in [2.05, 4.69) is 15.9 Å². The van der Waals surface area contributed by atoms with Crippen molar-refractivity contribution < 1.29 is 9.53 Å². The molecule has 0 N–H and O–H groups in total. The van der Waals surface area contributed by atoms with E-state index in [1.54, 1.807) is 49.6 Å². The summed E-state index contributed by atoms with van der Waals surface area (Å²) in [5.41, 5.74) is 1.06. The lowest BCUT2D eigenvalue weighted by atomic mass is 10.0. The summed E-state index contributed by atoms with van der Waals surface area (Å²) in [5, 5.41) is 0.453. The monoisotopic (exact) mass is 324 g/mol. The Labute approximate surface area is 119 Å². The molecule has 92 valence electrons. The zero-order chi connectivity index (χ0) is 13.1. The molecule has 0 saturated carbocycles. The fourth-order valence-corrected chi connectivity index (χ4v) is 2.37. The molecule has 0 heterocycles. The highest BCUT2D eigenvalue weighted by Gasteiger charge is 2.13. The number of carbonyl (C=O) groups excluding carboxylic acids is 1. The number of rotatable bonds is 3. The van der Waals surface area contributed by atoms with Gasteiger partial charge in [0, 0.05) is 11.1 Å². The van der Waals surface area contributed by atoms with E-state index in [-0.39, 0.29) is 5.78 Å². The summed E-state index contributed by atoms with van der Waals surface area (Å²) >= 11 is 9.37. The lowest BCUT2D eigenvalue weighted by molar-refractivity contribution is 0.103. The first-order chi connectivity index (χ1) is 8.63. The van der Waals surface area contributed by atoms with Crippen molar-refractivity contribution in [3.05, 3.63) is 63.1 Å². The molecule has 0 aromatic heterocycles. The molecule has 18 heavy (non-hydrogen) atoms. The zero-order valence-corrected chi connectivity index (χ0v) is 12.0. The summed E-state index contributed by atoms with van der Waals surface area (Å²) in [6.07, 6.45) is 0. The predicted octanol–water partition coefficient (Wildman–Crippen LogP) is 4.34. The van der Waals surface area contributed by atoms with Crippen LogP contribution in [0.1, 0.15) is 15.9 Å². The normalized spacial score (nSPS) is 10.2. The summed E-state index contributed by atoms with van der Waals surface area (Å²) < 4.78 is 5.86. The van der Waals surface area contributed by atoms with Crippen LogP contribution >= 0.6 is 27.5 Å². The number of hydrogen-bond acceptors (Lipinski definition) is 2. The largest absolute Gasteiger partial charge is 0.496 e. The van der Waals surface area contributed by atoms with E-state index < -0.39 is 0 Å². The van der Waals surface area contributed by atoms with Gasteiger partial charge in [-0.25, -0.2) is 0 Å². The van der Waals surface area contributed by atoms with Crippen LogP contribution in [0.5, 0.6) is 5.75 Å². The van der Waals surface area contributed by atoms with Crippen molar-refractivity contribution in [2.45, 2.75) is 0 Å². The van der Waals surface area contributed by atoms with Crippen LogP contribution in [-0.2, 0) is 0 Å². The van der Waals surface area contributed by atoms with Crippen molar-refractivity contribution in [3.8, 4) is 5.75 Å². The van der Waals surface area contributed by atoms with Gasteiger partial charge in [0.25, 0.3) is 0 Å². The van der Waals surface area contributed by atoms with Crippen molar-refractivity contribution in [1.29, 1.82) is 0 Å². The van der Waals surface area contributed by atoms with Crippen molar-refractivity contribution in [1.82, 2.24) is 0 Å². The molecule has 0 aliphatic rings. The molecule has 0 aliphatic carbocycles. The molecule has 2 aromatic rings. The van der Waals surface area contributed by atoms with Gasteiger partial charge in [-0.1, -0.05) is 23.7 Å². The predicted molar refractivity (Wildman–Crippen MR) is 75.6 cm³/mol. The van der Waals surface area contributed by atoms with Gasteiger partial charge in [0.05, 0.1) is 16.6 Å². The third-order valence-electron chi connectivity index (χ3n) is 2.53. The SMILES string of the molecule is COc1ccc(C(=O)c2ccccc2Cl)cc1Br. The average Bonchev–Trinajstić information content (AvgIpc) is 2.38. The quantitative estimate of drug-likeness (QED) is 0.785. The van der Waals surface area contributed by atoms with Gasteiger partial charge in [0.1, 0.15) is 5.75 Å². The summed E-state index contributed by atoms with van der Waals surface area (Å²) in [7, 11) is 1.58. The van der Waals surface area contributed by atoms with Crippen molar-refractivity contribution in [2.75, 3.05) is 7.11 Å². The van der Waals surface area contributed by atoms with E-state index in [4.69, 9.17) is 16.3 Å². The molecule has 0 atom stereocenters. The van der Waals surface area contributed by atoms with Crippen LogP contribution < -0.4 is 4.74 Å². The first-order valence-electron chi connectivity index (χ1n) is 5.26. The molecule has 2 aromatic carbocycles. The van der Waals surface area contributed by atoms with Crippen molar-refractivity contribution in [3.63, 3.8) is 0 Å². The van der Waals surface area contributed by atoms with E-state index in [1.165, 1.54) is 0 Å². The Hall–Kier alpha value is -1.32. The van der Waals surface area contributed by atoms with Gasteiger partial charge in [0.2, 0.25) is 0 Å². The van der Waals surface area contributed by atoms with Gasteiger partial charge in [-0.3, -0.25) is 4.79 Å². The van der Waals surface area contributed by atoms with Crippen LogP contribution in [0.3, 0.4) is 0 Å². The Morgan fingerprint density at radius 2 is 1.94 bits per heavy atom. The number of halogens is 2. The smallest absolute Gasteiger partial charge is 0.194 e. The highest BCUT2D eigenvalue weighted by atomic mass is 79.9. The second kappa shape index (κ2) is 5.55. The van der Waals surface area contributed by atoms with Gasteiger partial charge in [0.15, 0.2) is 5.78 Å². The number of methoxy groups -OCH3 is 1. The third-order valence-corrected chi connectivity index (χ3v) is 3.48. The Kier molecular flexibility index (Phi) is 4.04. The highest BCUT2D eigenvalue weighted by Crippen LogP contribution is 2.27. The maximum absolute atomic E-state index is 12.3. The van der Waals surface area contributed by atoms with Crippen LogP contribution in [0.25, 0.3) is 0 Å². The summed E-state index contributed by atoms with van der Waals surface area (Å²) in [4.78, 5) is 12.3. The molecular weight excluding hydrogens is 316 g/mol. The van der Waals surface area contributed by atoms with E-state index in [1.807, 2.05) is 0 Å². The standard InChI is InChI=1S/C14H10BrClO2/c1-18-13-7-6-9(8-11(13)15)14(17)10-4-2-3-5-12(10)16/h2-8H,1H3. The van der Waals surface area contributed by atoms with E-state index in [0.29, 0.717) is 21.9 Å². The minimum absolute atomic E-state index is 0.107. The molecule has 0 saturated heterocycles. The summed E-state index contributed by atoms with van der Waals surface area (Å²) in [6.45, 7) is 0. The fourth-order valence-electron chi connectivity index (χ4n) is 1.61. The van der Waals surface area contributed by atoms with E-state index in [0.717, 1.165) is 4.47 Å². The van der Waals surface area contributed by atoms with E-state index >= 15 is 0 Å². The molecule has 4 heteroatoms.